The predicted octanol–water partition coefficient (Wildman–Crippen LogP) is 2.36. The second-order valence-electron chi connectivity index (χ2n) is 5.97. The number of carbonyl (C=O) groups is 1. The number of benzene rings is 1. The minimum absolute atomic E-state index is 0.186. The molecule has 2 aromatic heterocycles. The minimum Gasteiger partial charge on any atom is -0.378 e. The van der Waals surface area contributed by atoms with Gasteiger partial charge in [0.1, 0.15) is 5.82 Å². The van der Waals surface area contributed by atoms with E-state index in [4.69, 9.17) is 4.74 Å². The fourth-order valence-corrected chi connectivity index (χ4v) is 2.85. The molecule has 0 aliphatic carbocycles. The van der Waals surface area contributed by atoms with Crippen molar-refractivity contribution in [2.45, 2.75) is 0 Å². The molecule has 26 heavy (non-hydrogen) atoms. The van der Waals surface area contributed by atoms with Gasteiger partial charge in [-0.1, -0.05) is 0 Å². The van der Waals surface area contributed by atoms with Crippen LogP contribution in [0.5, 0.6) is 0 Å². The van der Waals surface area contributed by atoms with Crippen molar-refractivity contribution in [1.82, 2.24) is 14.5 Å². The normalized spacial score (nSPS) is 14.2. The molecule has 1 aliphatic rings. The summed E-state index contributed by atoms with van der Waals surface area (Å²) < 4.78 is 7.24. The number of amides is 1. The molecular weight excluding hydrogens is 330 g/mol. The Labute approximate surface area is 151 Å². The zero-order valence-corrected chi connectivity index (χ0v) is 14.2. The van der Waals surface area contributed by atoms with Crippen molar-refractivity contribution in [2.24, 2.45) is 0 Å². The van der Waals surface area contributed by atoms with Gasteiger partial charge in [-0.3, -0.25) is 4.79 Å². The van der Waals surface area contributed by atoms with Gasteiger partial charge in [0.05, 0.1) is 31.4 Å². The molecule has 7 heteroatoms. The van der Waals surface area contributed by atoms with Crippen LogP contribution >= 0.6 is 0 Å². The Morgan fingerprint density at radius 3 is 2.46 bits per heavy atom. The summed E-state index contributed by atoms with van der Waals surface area (Å²) in [7, 11) is 0. The lowest BCUT2D eigenvalue weighted by atomic mass is 10.2. The zero-order valence-electron chi connectivity index (χ0n) is 14.2. The van der Waals surface area contributed by atoms with Gasteiger partial charge in [-0.25, -0.2) is 9.97 Å². The van der Waals surface area contributed by atoms with E-state index in [9.17, 15) is 4.79 Å². The van der Waals surface area contributed by atoms with Crippen LogP contribution in [0.3, 0.4) is 0 Å². The second-order valence-corrected chi connectivity index (χ2v) is 5.97. The molecule has 132 valence electrons. The molecule has 1 aliphatic heterocycles. The molecule has 0 spiro atoms. The number of morpholine rings is 1. The fourth-order valence-electron chi connectivity index (χ4n) is 2.85. The van der Waals surface area contributed by atoms with Crippen molar-refractivity contribution in [3.63, 3.8) is 0 Å². The lowest BCUT2D eigenvalue weighted by molar-refractivity contribution is 0.102. The van der Waals surface area contributed by atoms with Crippen LogP contribution < -0.4 is 10.2 Å². The van der Waals surface area contributed by atoms with Gasteiger partial charge >= 0.3 is 0 Å². The zero-order chi connectivity index (χ0) is 17.8. The van der Waals surface area contributed by atoms with Crippen LogP contribution in [0.1, 0.15) is 10.4 Å². The third-order valence-electron chi connectivity index (χ3n) is 4.30. The van der Waals surface area contributed by atoms with E-state index in [0.29, 0.717) is 11.4 Å². The summed E-state index contributed by atoms with van der Waals surface area (Å²) in [6, 6.07) is 11.1. The smallest absolute Gasteiger partial charge is 0.256 e. The van der Waals surface area contributed by atoms with Crippen LogP contribution in [0.25, 0.3) is 5.69 Å². The maximum Gasteiger partial charge on any atom is 0.256 e. The van der Waals surface area contributed by atoms with Gasteiger partial charge in [-0.2, -0.15) is 0 Å². The first-order valence-electron chi connectivity index (χ1n) is 8.48. The Kier molecular flexibility index (Phi) is 4.61. The summed E-state index contributed by atoms with van der Waals surface area (Å²) in [5.41, 5.74) is 2.57. The van der Waals surface area contributed by atoms with Crippen molar-refractivity contribution in [3.8, 4) is 5.69 Å². The molecule has 0 bridgehead atoms. The first kappa shape index (κ1) is 16.3. The standard InChI is InChI=1S/C19H19N5O2/c25-19(15-1-3-16(4-2-15)24-8-7-20-14-24)22-18-6-5-17(13-21-18)23-9-11-26-12-10-23/h1-8,13-14H,9-12H2,(H,21,22,25). The van der Waals surface area contributed by atoms with Gasteiger partial charge < -0.3 is 19.5 Å². The third kappa shape index (κ3) is 3.57. The van der Waals surface area contributed by atoms with E-state index in [1.807, 2.05) is 35.0 Å². The van der Waals surface area contributed by atoms with Crippen LogP contribution in [-0.4, -0.2) is 46.7 Å². The number of imidazole rings is 1. The summed E-state index contributed by atoms with van der Waals surface area (Å²) in [4.78, 5) is 23.0. The molecule has 7 nitrogen and oxygen atoms in total. The minimum atomic E-state index is -0.186. The molecule has 3 heterocycles. The SMILES string of the molecule is O=C(Nc1ccc(N2CCOCC2)cn1)c1ccc(-n2ccnc2)cc1. The van der Waals surface area contributed by atoms with E-state index >= 15 is 0 Å². The van der Waals surface area contributed by atoms with Crippen LogP contribution in [0.15, 0.2) is 61.3 Å². The number of carbonyl (C=O) groups excluding carboxylic acids is 1. The van der Waals surface area contributed by atoms with Gasteiger partial charge in [0, 0.05) is 36.7 Å². The number of hydrogen-bond acceptors (Lipinski definition) is 5. The molecule has 1 saturated heterocycles. The molecule has 1 fully saturated rings. The average molecular weight is 349 g/mol. The van der Waals surface area contributed by atoms with Crippen LogP contribution in [0.2, 0.25) is 0 Å². The number of nitrogens with zero attached hydrogens (tertiary/aromatic N) is 4. The first-order valence-corrected chi connectivity index (χ1v) is 8.48. The van der Waals surface area contributed by atoms with Gasteiger partial charge in [-0.15, -0.1) is 0 Å². The van der Waals surface area contributed by atoms with E-state index in [0.717, 1.165) is 37.7 Å². The van der Waals surface area contributed by atoms with Crippen molar-refractivity contribution in [2.75, 3.05) is 36.5 Å². The number of anilines is 2. The maximum atomic E-state index is 12.4. The molecule has 4 rings (SSSR count). The van der Waals surface area contributed by atoms with Gasteiger partial charge in [0.2, 0.25) is 0 Å². The molecule has 0 saturated carbocycles. The summed E-state index contributed by atoms with van der Waals surface area (Å²) in [5, 5.41) is 2.83. The number of rotatable bonds is 4. The molecule has 3 aromatic rings. The number of pyridine rings is 1. The van der Waals surface area contributed by atoms with Crippen molar-refractivity contribution in [1.29, 1.82) is 0 Å². The van der Waals surface area contributed by atoms with E-state index in [1.165, 1.54) is 0 Å². The van der Waals surface area contributed by atoms with Gasteiger partial charge in [0.15, 0.2) is 0 Å². The Morgan fingerprint density at radius 2 is 1.81 bits per heavy atom. The number of hydrogen-bond donors (Lipinski definition) is 1. The quantitative estimate of drug-likeness (QED) is 0.783. The van der Waals surface area contributed by atoms with E-state index in [1.54, 1.807) is 30.9 Å². The second kappa shape index (κ2) is 7.37. The van der Waals surface area contributed by atoms with E-state index in [2.05, 4.69) is 20.2 Å². The van der Waals surface area contributed by atoms with Gasteiger partial charge in [0.25, 0.3) is 5.91 Å². The predicted molar refractivity (Wildman–Crippen MR) is 98.8 cm³/mol. The molecule has 1 N–H and O–H groups in total. The summed E-state index contributed by atoms with van der Waals surface area (Å²) in [6.07, 6.45) is 7.07. The monoisotopic (exact) mass is 349 g/mol. The highest BCUT2D eigenvalue weighted by Crippen LogP contribution is 2.17. The summed E-state index contributed by atoms with van der Waals surface area (Å²) >= 11 is 0. The topological polar surface area (TPSA) is 72.3 Å². The van der Waals surface area contributed by atoms with E-state index < -0.39 is 0 Å². The lowest BCUT2D eigenvalue weighted by Crippen LogP contribution is -2.36. The Morgan fingerprint density at radius 1 is 1.04 bits per heavy atom. The Balaban J connectivity index is 1.41. The maximum absolute atomic E-state index is 12.4. The van der Waals surface area contributed by atoms with Crippen LogP contribution in [-0.2, 0) is 4.74 Å². The van der Waals surface area contributed by atoms with Crippen molar-refractivity contribution in [3.05, 3.63) is 66.9 Å². The first-order chi connectivity index (χ1) is 12.8. The van der Waals surface area contributed by atoms with E-state index in [-0.39, 0.29) is 5.91 Å². The Bertz CT molecular complexity index is 854. The molecule has 0 unspecified atom stereocenters. The average Bonchev–Trinajstić information content (AvgIpc) is 3.24. The number of ether oxygens (including phenoxy) is 1. The fraction of sp³-hybridized carbons (Fsp3) is 0.211. The lowest BCUT2D eigenvalue weighted by Gasteiger charge is -2.28. The number of aromatic nitrogens is 3. The highest BCUT2D eigenvalue weighted by Gasteiger charge is 2.12. The van der Waals surface area contributed by atoms with Crippen LogP contribution in [0, 0.1) is 0 Å². The highest BCUT2D eigenvalue weighted by molar-refractivity contribution is 6.03. The molecular formula is C19H19N5O2. The van der Waals surface area contributed by atoms with Crippen molar-refractivity contribution >= 4 is 17.4 Å². The third-order valence-corrected chi connectivity index (χ3v) is 4.30. The molecule has 1 amide bonds. The van der Waals surface area contributed by atoms with Crippen LogP contribution in [0.4, 0.5) is 11.5 Å². The van der Waals surface area contributed by atoms with Gasteiger partial charge in [-0.05, 0) is 36.4 Å². The Hall–Kier alpha value is -3.19. The molecule has 0 atom stereocenters. The molecule has 1 aromatic carbocycles. The summed E-state index contributed by atoms with van der Waals surface area (Å²) in [6.45, 7) is 3.18. The summed E-state index contributed by atoms with van der Waals surface area (Å²) in [5.74, 6) is 0.347. The van der Waals surface area contributed by atoms with Crippen molar-refractivity contribution < 1.29 is 9.53 Å². The number of nitrogens with one attached hydrogen (secondary N) is 1. The largest absolute Gasteiger partial charge is 0.378 e. The highest BCUT2D eigenvalue weighted by atomic mass is 16.5. The molecule has 0 radical (unpaired) electrons.